The summed E-state index contributed by atoms with van der Waals surface area (Å²) in [6.07, 6.45) is 15.2. The van der Waals surface area contributed by atoms with Gasteiger partial charge in [0, 0.05) is 6.08 Å². The minimum Gasteiger partial charge on any atom is -0.423 e. The molecule has 158 valence electrons. The summed E-state index contributed by atoms with van der Waals surface area (Å²) in [6.45, 7) is 4.33. The lowest BCUT2D eigenvalue weighted by molar-refractivity contribution is -0.129. The Morgan fingerprint density at radius 3 is 1.97 bits per heavy atom. The van der Waals surface area contributed by atoms with E-state index in [4.69, 9.17) is 4.74 Å². The van der Waals surface area contributed by atoms with Gasteiger partial charge < -0.3 is 4.74 Å². The quantitative estimate of drug-likeness (QED) is 0.270. The Morgan fingerprint density at radius 1 is 0.867 bits per heavy atom. The zero-order valence-corrected chi connectivity index (χ0v) is 18.5. The first-order valence-corrected chi connectivity index (χ1v) is 11.7. The highest BCUT2D eigenvalue weighted by molar-refractivity contribution is 5.84. The Labute approximate surface area is 181 Å². The van der Waals surface area contributed by atoms with E-state index in [9.17, 15) is 4.79 Å². The Morgan fingerprint density at radius 2 is 1.43 bits per heavy atom. The lowest BCUT2D eigenvalue weighted by Crippen LogP contribution is -2.44. The normalized spacial score (nSPS) is 25.5. The topological polar surface area (TPSA) is 26.3 Å². The van der Waals surface area contributed by atoms with E-state index in [2.05, 4.69) is 31.2 Å². The summed E-state index contributed by atoms with van der Waals surface area (Å²) in [5, 5.41) is 0. The number of benzene rings is 2. The van der Waals surface area contributed by atoms with Crippen LogP contribution in [0.4, 0.5) is 0 Å². The number of hydrogen-bond acceptors (Lipinski definition) is 2. The molecule has 0 spiro atoms. The van der Waals surface area contributed by atoms with Crippen molar-refractivity contribution in [3.05, 3.63) is 66.2 Å². The summed E-state index contributed by atoms with van der Waals surface area (Å²) in [6, 6.07) is 17.0. The minimum atomic E-state index is -0.323. The molecule has 2 heteroatoms. The molecule has 2 bridgehead atoms. The highest BCUT2D eigenvalue weighted by Gasteiger charge is 2.48. The second-order valence-corrected chi connectivity index (χ2v) is 9.36. The number of fused-ring (bicyclic) bond motifs is 3. The van der Waals surface area contributed by atoms with Crippen LogP contribution >= 0.6 is 0 Å². The Kier molecular flexibility index (Phi) is 6.13. The number of esters is 1. The molecule has 0 N–H and O–H groups in total. The van der Waals surface area contributed by atoms with Gasteiger partial charge in [0.15, 0.2) is 0 Å². The molecule has 3 fully saturated rings. The Balaban J connectivity index is 1.43. The van der Waals surface area contributed by atoms with Crippen molar-refractivity contribution >= 4 is 5.97 Å². The molecule has 0 radical (unpaired) electrons. The maximum atomic E-state index is 11.7. The first-order valence-electron chi connectivity index (χ1n) is 11.7. The van der Waals surface area contributed by atoms with E-state index in [-0.39, 0.29) is 5.97 Å². The average molecular weight is 403 g/mol. The highest BCUT2D eigenvalue weighted by Crippen LogP contribution is 2.59. The predicted molar refractivity (Wildman–Crippen MR) is 124 cm³/mol. The summed E-state index contributed by atoms with van der Waals surface area (Å²) < 4.78 is 5.34. The van der Waals surface area contributed by atoms with Gasteiger partial charge in [0.05, 0.1) is 0 Å². The van der Waals surface area contributed by atoms with Crippen molar-refractivity contribution in [3.8, 4) is 16.9 Å². The van der Waals surface area contributed by atoms with Gasteiger partial charge in [-0.1, -0.05) is 62.7 Å². The molecule has 0 saturated heterocycles. The molecule has 0 aromatic heterocycles. The molecule has 2 nitrogen and oxygen atoms in total. The van der Waals surface area contributed by atoms with Crippen LogP contribution in [0.3, 0.4) is 0 Å². The van der Waals surface area contributed by atoms with Gasteiger partial charge in [-0.15, -0.1) is 0 Å². The molecule has 3 saturated carbocycles. The standard InChI is InChI=1S/C28H34O2/c1-3-5-6-26(29)30-25-13-9-23(10-14-25)22-7-11-24(12-8-22)28-19-16-27(15-4-2,17-20-28)18-21-28/h5-14H,3-4,15-21H2,1-2H3/b6-5+. The van der Waals surface area contributed by atoms with Crippen LogP contribution in [0.5, 0.6) is 5.75 Å². The van der Waals surface area contributed by atoms with Crippen LogP contribution in [-0.2, 0) is 10.2 Å². The number of carbonyl (C=O) groups excluding carboxylic acids is 1. The fraction of sp³-hybridized carbons (Fsp3) is 0.464. The zero-order valence-electron chi connectivity index (χ0n) is 18.5. The summed E-state index contributed by atoms with van der Waals surface area (Å²) in [5.74, 6) is 0.260. The molecule has 30 heavy (non-hydrogen) atoms. The maximum absolute atomic E-state index is 11.7. The summed E-state index contributed by atoms with van der Waals surface area (Å²) in [7, 11) is 0. The van der Waals surface area contributed by atoms with Crippen molar-refractivity contribution in [1.29, 1.82) is 0 Å². The van der Waals surface area contributed by atoms with Crippen LogP contribution in [0.1, 0.15) is 77.2 Å². The summed E-state index contributed by atoms with van der Waals surface area (Å²) >= 11 is 0. The summed E-state index contributed by atoms with van der Waals surface area (Å²) in [5.41, 5.74) is 4.97. The van der Waals surface area contributed by atoms with Crippen molar-refractivity contribution in [2.45, 2.75) is 77.0 Å². The Bertz CT molecular complexity index is 865. The van der Waals surface area contributed by atoms with Crippen LogP contribution in [0.15, 0.2) is 60.7 Å². The smallest absolute Gasteiger partial charge is 0.335 e. The van der Waals surface area contributed by atoms with Crippen molar-refractivity contribution in [2.75, 3.05) is 0 Å². The zero-order chi connectivity index (χ0) is 21.0. The fourth-order valence-electron chi connectivity index (χ4n) is 5.70. The minimum absolute atomic E-state index is 0.323. The van der Waals surface area contributed by atoms with E-state index < -0.39 is 0 Å². The second-order valence-electron chi connectivity index (χ2n) is 9.36. The third-order valence-electron chi connectivity index (χ3n) is 7.57. The van der Waals surface area contributed by atoms with E-state index in [1.165, 1.54) is 68.6 Å². The first kappa shape index (κ1) is 20.9. The average Bonchev–Trinajstić information content (AvgIpc) is 2.80. The molecule has 3 aliphatic carbocycles. The maximum Gasteiger partial charge on any atom is 0.335 e. The van der Waals surface area contributed by atoms with Crippen LogP contribution in [-0.4, -0.2) is 5.97 Å². The van der Waals surface area contributed by atoms with E-state index in [1.54, 1.807) is 6.08 Å². The van der Waals surface area contributed by atoms with Gasteiger partial charge in [-0.05, 0) is 91.0 Å². The van der Waals surface area contributed by atoms with Crippen LogP contribution < -0.4 is 4.74 Å². The molecule has 2 aromatic rings. The highest BCUT2D eigenvalue weighted by atomic mass is 16.5. The van der Waals surface area contributed by atoms with Gasteiger partial charge in [0.1, 0.15) is 5.75 Å². The molecule has 2 aromatic carbocycles. The van der Waals surface area contributed by atoms with Gasteiger partial charge >= 0.3 is 5.97 Å². The lowest BCUT2D eigenvalue weighted by Gasteiger charge is -2.54. The molecular weight excluding hydrogens is 368 g/mol. The number of allylic oxidation sites excluding steroid dienone is 1. The van der Waals surface area contributed by atoms with Gasteiger partial charge in [-0.3, -0.25) is 0 Å². The monoisotopic (exact) mass is 402 g/mol. The van der Waals surface area contributed by atoms with E-state index in [0.29, 0.717) is 16.6 Å². The van der Waals surface area contributed by atoms with Gasteiger partial charge in [0.25, 0.3) is 0 Å². The number of carbonyl (C=O) groups is 1. The van der Waals surface area contributed by atoms with Gasteiger partial charge in [0.2, 0.25) is 0 Å². The molecule has 0 amide bonds. The first-order chi connectivity index (χ1) is 14.6. The van der Waals surface area contributed by atoms with Crippen LogP contribution in [0, 0.1) is 5.41 Å². The third-order valence-corrected chi connectivity index (χ3v) is 7.57. The lowest BCUT2D eigenvalue weighted by atomic mass is 9.51. The SMILES string of the molecule is CC/C=C/C(=O)Oc1ccc(-c2ccc(C34CCC(CCC)(CC3)CC4)cc2)cc1. The van der Waals surface area contributed by atoms with Crippen LogP contribution in [0.2, 0.25) is 0 Å². The summed E-state index contributed by atoms with van der Waals surface area (Å²) in [4.78, 5) is 11.7. The molecule has 0 heterocycles. The van der Waals surface area contributed by atoms with Crippen molar-refractivity contribution in [1.82, 2.24) is 0 Å². The number of rotatable bonds is 7. The molecule has 0 unspecified atom stereocenters. The predicted octanol–water partition coefficient (Wildman–Crippen LogP) is 7.62. The van der Waals surface area contributed by atoms with Gasteiger partial charge in [-0.2, -0.15) is 0 Å². The molecule has 5 rings (SSSR count). The third kappa shape index (κ3) is 4.24. The largest absolute Gasteiger partial charge is 0.423 e. The molecule has 0 atom stereocenters. The van der Waals surface area contributed by atoms with E-state index in [0.717, 1.165) is 12.0 Å². The number of ether oxygens (including phenoxy) is 1. The number of hydrogen-bond donors (Lipinski definition) is 0. The molecular formula is C28H34O2. The second kappa shape index (κ2) is 8.79. The fourth-order valence-corrected chi connectivity index (χ4v) is 5.70. The Hall–Kier alpha value is -2.35. The van der Waals surface area contributed by atoms with Crippen molar-refractivity contribution in [2.24, 2.45) is 5.41 Å². The van der Waals surface area contributed by atoms with Gasteiger partial charge in [-0.25, -0.2) is 4.79 Å². The van der Waals surface area contributed by atoms with Crippen molar-refractivity contribution < 1.29 is 9.53 Å². The van der Waals surface area contributed by atoms with Crippen LogP contribution in [0.25, 0.3) is 11.1 Å². The molecule has 0 aliphatic heterocycles. The van der Waals surface area contributed by atoms with E-state index >= 15 is 0 Å². The molecule has 3 aliphatic rings. The van der Waals surface area contributed by atoms with E-state index in [1.807, 2.05) is 31.2 Å². The van der Waals surface area contributed by atoms with Crippen molar-refractivity contribution in [3.63, 3.8) is 0 Å².